The van der Waals surface area contributed by atoms with Crippen LogP contribution in [0, 0.1) is 5.92 Å². The minimum atomic E-state index is -0.734. The molecule has 5 heteroatoms. The quantitative estimate of drug-likeness (QED) is 0.724. The van der Waals surface area contributed by atoms with Gasteiger partial charge in [-0.3, -0.25) is 9.59 Å². The molecule has 1 unspecified atom stereocenters. The molecule has 0 heterocycles. The normalized spacial score (nSPS) is 13.0. The molecular weight excluding hydrogens is 304 g/mol. The maximum atomic E-state index is 12.4. The molecule has 0 spiro atoms. The highest BCUT2D eigenvalue weighted by Gasteiger charge is 2.22. The standard InChI is InChI=1S/C19H22N2O3/c1-13(11-15-7-9-16(22)10-8-15)19(24)21-17(18(20)23)12-14-5-3-2-4-6-14/h2-10,13,17,22H,11-12H2,1H3,(H2,20,23)(H,21,24)/t13?,17-/m0/s1. The molecule has 2 aromatic rings. The van der Waals surface area contributed by atoms with Gasteiger partial charge in [0.05, 0.1) is 0 Å². The van der Waals surface area contributed by atoms with E-state index in [1.165, 1.54) is 0 Å². The molecule has 4 N–H and O–H groups in total. The zero-order valence-electron chi connectivity index (χ0n) is 13.6. The van der Waals surface area contributed by atoms with E-state index in [1.54, 1.807) is 31.2 Å². The number of amides is 2. The van der Waals surface area contributed by atoms with E-state index in [0.29, 0.717) is 12.8 Å². The molecule has 24 heavy (non-hydrogen) atoms. The Morgan fingerprint density at radius 2 is 1.58 bits per heavy atom. The number of nitrogens with one attached hydrogen (secondary N) is 1. The van der Waals surface area contributed by atoms with Crippen LogP contribution in [0.4, 0.5) is 0 Å². The predicted octanol–water partition coefficient (Wildman–Crippen LogP) is 1.78. The van der Waals surface area contributed by atoms with E-state index in [0.717, 1.165) is 11.1 Å². The van der Waals surface area contributed by atoms with Gasteiger partial charge in [0, 0.05) is 12.3 Å². The van der Waals surface area contributed by atoms with Crippen LogP contribution in [0.3, 0.4) is 0 Å². The van der Waals surface area contributed by atoms with Crippen molar-refractivity contribution in [2.75, 3.05) is 0 Å². The van der Waals surface area contributed by atoms with E-state index in [-0.39, 0.29) is 17.6 Å². The first-order valence-electron chi connectivity index (χ1n) is 7.87. The van der Waals surface area contributed by atoms with Crippen LogP contribution in [0.15, 0.2) is 54.6 Å². The number of carbonyl (C=O) groups is 2. The second kappa shape index (κ2) is 8.15. The lowest BCUT2D eigenvalue weighted by molar-refractivity contribution is -0.129. The van der Waals surface area contributed by atoms with Crippen molar-refractivity contribution in [1.29, 1.82) is 0 Å². The molecule has 0 bridgehead atoms. The highest BCUT2D eigenvalue weighted by Crippen LogP contribution is 2.14. The lowest BCUT2D eigenvalue weighted by atomic mass is 9.99. The number of nitrogens with two attached hydrogens (primary N) is 1. The molecule has 0 saturated carbocycles. The van der Waals surface area contributed by atoms with Crippen molar-refractivity contribution in [3.8, 4) is 5.75 Å². The fraction of sp³-hybridized carbons (Fsp3) is 0.263. The summed E-state index contributed by atoms with van der Waals surface area (Å²) in [5.74, 6) is -0.897. The Bertz CT molecular complexity index is 684. The minimum Gasteiger partial charge on any atom is -0.508 e. The first-order chi connectivity index (χ1) is 11.5. The molecule has 2 rings (SSSR count). The van der Waals surface area contributed by atoms with Crippen molar-refractivity contribution in [1.82, 2.24) is 5.32 Å². The summed E-state index contributed by atoms with van der Waals surface area (Å²) in [4.78, 5) is 24.0. The number of rotatable bonds is 7. The van der Waals surface area contributed by atoms with Crippen molar-refractivity contribution in [3.63, 3.8) is 0 Å². The van der Waals surface area contributed by atoms with E-state index < -0.39 is 11.9 Å². The molecule has 0 aliphatic rings. The lowest BCUT2D eigenvalue weighted by Crippen LogP contribution is -2.47. The summed E-state index contributed by atoms with van der Waals surface area (Å²) in [5.41, 5.74) is 7.30. The van der Waals surface area contributed by atoms with Crippen molar-refractivity contribution in [3.05, 3.63) is 65.7 Å². The van der Waals surface area contributed by atoms with Gasteiger partial charge in [-0.05, 0) is 29.7 Å². The molecule has 0 aliphatic carbocycles. The Labute approximate surface area is 141 Å². The first kappa shape index (κ1) is 17.5. The van der Waals surface area contributed by atoms with Crippen molar-refractivity contribution in [2.45, 2.75) is 25.8 Å². The number of hydrogen-bond donors (Lipinski definition) is 3. The van der Waals surface area contributed by atoms with Gasteiger partial charge in [0.15, 0.2) is 0 Å². The third-order valence-corrected chi connectivity index (χ3v) is 3.87. The summed E-state index contributed by atoms with van der Waals surface area (Å²) >= 11 is 0. The number of hydrogen-bond acceptors (Lipinski definition) is 3. The van der Waals surface area contributed by atoms with Gasteiger partial charge in [-0.25, -0.2) is 0 Å². The zero-order chi connectivity index (χ0) is 17.5. The Hall–Kier alpha value is -2.82. The van der Waals surface area contributed by atoms with E-state index in [1.807, 2.05) is 30.3 Å². The van der Waals surface area contributed by atoms with E-state index >= 15 is 0 Å². The maximum Gasteiger partial charge on any atom is 0.240 e. The molecule has 2 aromatic carbocycles. The van der Waals surface area contributed by atoms with Crippen LogP contribution in [0.1, 0.15) is 18.1 Å². The summed E-state index contributed by atoms with van der Waals surface area (Å²) in [6.45, 7) is 1.79. The molecule has 0 aliphatic heterocycles. The van der Waals surface area contributed by atoms with Gasteiger partial charge in [0.2, 0.25) is 11.8 Å². The maximum absolute atomic E-state index is 12.4. The topological polar surface area (TPSA) is 92.4 Å². The van der Waals surface area contributed by atoms with Gasteiger partial charge < -0.3 is 16.2 Å². The second-order valence-corrected chi connectivity index (χ2v) is 5.92. The summed E-state index contributed by atoms with van der Waals surface area (Å²) in [6, 6.07) is 15.4. The van der Waals surface area contributed by atoms with Crippen LogP contribution in [-0.4, -0.2) is 23.0 Å². The average molecular weight is 326 g/mol. The van der Waals surface area contributed by atoms with Crippen molar-refractivity contribution in [2.24, 2.45) is 11.7 Å². The molecule has 0 saturated heterocycles. The number of primary amides is 1. The van der Waals surface area contributed by atoms with Crippen molar-refractivity contribution >= 4 is 11.8 Å². The Balaban J connectivity index is 1.96. The van der Waals surface area contributed by atoms with Crippen LogP contribution in [0.25, 0.3) is 0 Å². The van der Waals surface area contributed by atoms with E-state index in [4.69, 9.17) is 5.73 Å². The second-order valence-electron chi connectivity index (χ2n) is 5.92. The Morgan fingerprint density at radius 1 is 1.00 bits per heavy atom. The number of aromatic hydroxyl groups is 1. The summed E-state index contributed by atoms with van der Waals surface area (Å²) in [5, 5.41) is 12.0. The zero-order valence-corrected chi connectivity index (χ0v) is 13.6. The minimum absolute atomic E-state index is 0.188. The molecular formula is C19H22N2O3. The van der Waals surface area contributed by atoms with Crippen LogP contribution < -0.4 is 11.1 Å². The molecule has 2 atom stereocenters. The molecule has 0 aromatic heterocycles. The van der Waals surface area contributed by atoms with E-state index in [2.05, 4.69) is 5.32 Å². The number of phenolic OH excluding ortho intramolecular Hbond substituents is 1. The van der Waals surface area contributed by atoms with Crippen LogP contribution in [-0.2, 0) is 22.4 Å². The van der Waals surface area contributed by atoms with Gasteiger partial charge >= 0.3 is 0 Å². The van der Waals surface area contributed by atoms with Gasteiger partial charge in [-0.1, -0.05) is 49.4 Å². The van der Waals surface area contributed by atoms with Gasteiger partial charge in [-0.15, -0.1) is 0 Å². The fourth-order valence-corrected chi connectivity index (χ4v) is 2.46. The van der Waals surface area contributed by atoms with Gasteiger partial charge in [0.25, 0.3) is 0 Å². The van der Waals surface area contributed by atoms with Crippen LogP contribution in [0.2, 0.25) is 0 Å². The summed E-state index contributed by atoms with van der Waals surface area (Å²) in [6.07, 6.45) is 0.886. The predicted molar refractivity (Wildman–Crippen MR) is 92.2 cm³/mol. The molecule has 126 valence electrons. The fourth-order valence-electron chi connectivity index (χ4n) is 2.46. The SMILES string of the molecule is CC(Cc1ccc(O)cc1)C(=O)N[C@@H](Cc1ccccc1)C(N)=O. The monoisotopic (exact) mass is 326 g/mol. The Kier molecular flexibility index (Phi) is 5.95. The summed E-state index contributed by atoms with van der Waals surface area (Å²) in [7, 11) is 0. The largest absolute Gasteiger partial charge is 0.508 e. The van der Waals surface area contributed by atoms with Gasteiger partial charge in [-0.2, -0.15) is 0 Å². The lowest BCUT2D eigenvalue weighted by Gasteiger charge is -2.19. The molecule has 5 nitrogen and oxygen atoms in total. The molecule has 0 fully saturated rings. The van der Waals surface area contributed by atoms with Crippen molar-refractivity contribution < 1.29 is 14.7 Å². The third kappa shape index (κ3) is 5.12. The molecule has 2 amide bonds. The van der Waals surface area contributed by atoms with E-state index in [9.17, 15) is 14.7 Å². The first-order valence-corrected chi connectivity index (χ1v) is 7.87. The average Bonchev–Trinajstić information content (AvgIpc) is 2.57. The molecule has 0 radical (unpaired) electrons. The highest BCUT2D eigenvalue weighted by molar-refractivity contribution is 5.87. The van der Waals surface area contributed by atoms with Gasteiger partial charge in [0.1, 0.15) is 11.8 Å². The highest BCUT2D eigenvalue weighted by atomic mass is 16.3. The third-order valence-electron chi connectivity index (χ3n) is 3.87. The summed E-state index contributed by atoms with van der Waals surface area (Å²) < 4.78 is 0. The smallest absolute Gasteiger partial charge is 0.240 e. The number of phenols is 1. The van der Waals surface area contributed by atoms with Crippen LogP contribution in [0.5, 0.6) is 5.75 Å². The number of carbonyl (C=O) groups excluding carboxylic acids is 2. The van der Waals surface area contributed by atoms with Crippen LogP contribution >= 0.6 is 0 Å². The Morgan fingerprint density at radius 3 is 2.17 bits per heavy atom. The number of benzene rings is 2.